The van der Waals surface area contributed by atoms with Gasteiger partial charge in [-0.3, -0.25) is 4.79 Å². The number of rotatable bonds is 3. The van der Waals surface area contributed by atoms with Crippen LogP contribution in [0.15, 0.2) is 46.9 Å². The third-order valence-electron chi connectivity index (χ3n) is 2.80. The Morgan fingerprint density at radius 2 is 1.94 bits per heavy atom. The van der Waals surface area contributed by atoms with Gasteiger partial charge in [0, 0.05) is 21.5 Å². The van der Waals surface area contributed by atoms with Crippen molar-refractivity contribution < 1.29 is 4.79 Å². The third-order valence-corrected chi connectivity index (χ3v) is 3.47. The van der Waals surface area contributed by atoms with Crippen LogP contribution in [0, 0.1) is 6.92 Å². The summed E-state index contributed by atoms with van der Waals surface area (Å²) in [7, 11) is 0. The number of Topliss-reactive ketones (excluding diaryl/α,β-unsaturated/α-hetero) is 1. The van der Waals surface area contributed by atoms with Gasteiger partial charge in [-0.2, -0.15) is 0 Å². The van der Waals surface area contributed by atoms with Crippen molar-refractivity contribution in [2.45, 2.75) is 13.3 Å². The molecule has 1 nitrogen and oxygen atoms in total. The molecule has 0 bridgehead atoms. The number of hydrogen-bond donors (Lipinski definition) is 0. The Labute approximate surface area is 120 Å². The van der Waals surface area contributed by atoms with Crippen LogP contribution in [0.5, 0.6) is 0 Å². The summed E-state index contributed by atoms with van der Waals surface area (Å²) in [6, 6.07) is 13.2. The lowest BCUT2D eigenvalue weighted by molar-refractivity contribution is 0.0992. The Kier molecular flexibility index (Phi) is 4.20. The molecule has 0 heterocycles. The fourth-order valence-electron chi connectivity index (χ4n) is 1.80. The van der Waals surface area contributed by atoms with Gasteiger partial charge in [-0.15, -0.1) is 0 Å². The summed E-state index contributed by atoms with van der Waals surface area (Å²) in [5.74, 6) is 0.0764. The minimum absolute atomic E-state index is 0.0764. The molecule has 0 amide bonds. The second-order valence-corrected chi connectivity index (χ2v) is 5.54. The van der Waals surface area contributed by atoms with E-state index in [1.54, 1.807) is 18.2 Å². The fourth-order valence-corrected chi connectivity index (χ4v) is 2.66. The maximum atomic E-state index is 12.2. The average Bonchev–Trinajstić information content (AvgIpc) is 2.31. The molecule has 0 fully saturated rings. The van der Waals surface area contributed by atoms with Gasteiger partial charge in [0.25, 0.3) is 0 Å². The maximum Gasteiger partial charge on any atom is 0.167 e. The van der Waals surface area contributed by atoms with Crippen molar-refractivity contribution in [3.8, 4) is 0 Å². The number of hydrogen-bond acceptors (Lipinski definition) is 1. The zero-order valence-electron chi connectivity index (χ0n) is 9.91. The van der Waals surface area contributed by atoms with Gasteiger partial charge in [0.1, 0.15) is 0 Å². The monoisotopic (exact) mass is 322 g/mol. The summed E-state index contributed by atoms with van der Waals surface area (Å²) in [5.41, 5.74) is 2.82. The van der Waals surface area contributed by atoms with E-state index in [9.17, 15) is 4.79 Å². The van der Waals surface area contributed by atoms with E-state index in [2.05, 4.69) is 15.9 Å². The molecule has 2 aromatic carbocycles. The van der Waals surface area contributed by atoms with E-state index in [4.69, 9.17) is 11.6 Å². The van der Waals surface area contributed by atoms with Crippen molar-refractivity contribution in [2.75, 3.05) is 0 Å². The summed E-state index contributed by atoms with van der Waals surface area (Å²) < 4.78 is 0.822. The molecule has 0 radical (unpaired) electrons. The summed E-state index contributed by atoms with van der Waals surface area (Å²) >= 11 is 9.29. The number of carbonyl (C=O) groups excluding carboxylic acids is 1. The van der Waals surface area contributed by atoms with E-state index >= 15 is 0 Å². The molecule has 0 unspecified atom stereocenters. The maximum absolute atomic E-state index is 12.2. The SMILES string of the molecule is Cc1ccccc1CC(=O)c1cc(Cl)cc(Br)c1. The lowest BCUT2D eigenvalue weighted by Gasteiger charge is -2.06. The Bertz CT molecular complexity index is 573. The van der Waals surface area contributed by atoms with Crippen LogP contribution in [-0.4, -0.2) is 5.78 Å². The lowest BCUT2D eigenvalue weighted by Crippen LogP contribution is -2.04. The Morgan fingerprint density at radius 1 is 1.22 bits per heavy atom. The summed E-state index contributed by atoms with van der Waals surface area (Å²) in [6.07, 6.45) is 0.402. The highest BCUT2D eigenvalue weighted by Crippen LogP contribution is 2.21. The molecule has 2 rings (SSSR count). The lowest BCUT2D eigenvalue weighted by atomic mass is 10.00. The van der Waals surface area contributed by atoms with Gasteiger partial charge in [-0.1, -0.05) is 51.8 Å². The van der Waals surface area contributed by atoms with Crippen LogP contribution in [0.3, 0.4) is 0 Å². The van der Waals surface area contributed by atoms with Crippen LogP contribution >= 0.6 is 27.5 Å². The molecule has 0 atom stereocenters. The quantitative estimate of drug-likeness (QED) is 0.739. The number of benzene rings is 2. The smallest absolute Gasteiger partial charge is 0.167 e. The van der Waals surface area contributed by atoms with Gasteiger partial charge in [0.15, 0.2) is 5.78 Å². The molecule has 0 aliphatic carbocycles. The molecule has 0 saturated heterocycles. The number of aryl methyl sites for hydroxylation is 1. The van der Waals surface area contributed by atoms with Crippen LogP contribution in [-0.2, 0) is 6.42 Å². The van der Waals surface area contributed by atoms with Gasteiger partial charge in [-0.05, 0) is 36.2 Å². The fraction of sp³-hybridized carbons (Fsp3) is 0.133. The second-order valence-electron chi connectivity index (χ2n) is 4.18. The number of carbonyl (C=O) groups is 1. The van der Waals surface area contributed by atoms with E-state index in [0.717, 1.165) is 15.6 Å². The standard InChI is InChI=1S/C15H12BrClO/c1-10-4-2-3-5-11(10)8-15(18)12-6-13(16)9-14(17)7-12/h2-7,9H,8H2,1H3. The van der Waals surface area contributed by atoms with E-state index in [1.165, 1.54) is 0 Å². The second kappa shape index (κ2) is 5.68. The molecular weight excluding hydrogens is 312 g/mol. The van der Waals surface area contributed by atoms with Crippen LogP contribution in [0.4, 0.5) is 0 Å². The molecule has 0 aliphatic heterocycles. The van der Waals surface area contributed by atoms with Crippen molar-refractivity contribution >= 4 is 33.3 Å². The number of ketones is 1. The van der Waals surface area contributed by atoms with Crippen LogP contribution in [0.2, 0.25) is 5.02 Å². The average molecular weight is 324 g/mol. The number of halogens is 2. The normalized spacial score (nSPS) is 10.4. The van der Waals surface area contributed by atoms with Crippen LogP contribution in [0.25, 0.3) is 0 Å². The summed E-state index contributed by atoms with van der Waals surface area (Å²) in [5, 5.41) is 0.567. The first kappa shape index (κ1) is 13.3. The highest BCUT2D eigenvalue weighted by molar-refractivity contribution is 9.10. The van der Waals surface area contributed by atoms with Gasteiger partial charge in [0.05, 0.1) is 0 Å². The Morgan fingerprint density at radius 3 is 2.61 bits per heavy atom. The third kappa shape index (κ3) is 3.21. The molecule has 0 saturated carbocycles. The van der Waals surface area contributed by atoms with Crippen molar-refractivity contribution in [2.24, 2.45) is 0 Å². The Hall–Kier alpha value is -1.12. The molecule has 18 heavy (non-hydrogen) atoms. The molecule has 92 valence electrons. The van der Waals surface area contributed by atoms with Crippen LogP contribution < -0.4 is 0 Å². The summed E-state index contributed by atoms with van der Waals surface area (Å²) in [6.45, 7) is 2.01. The van der Waals surface area contributed by atoms with E-state index in [1.807, 2.05) is 31.2 Å². The van der Waals surface area contributed by atoms with Crippen molar-refractivity contribution in [1.29, 1.82) is 0 Å². The van der Waals surface area contributed by atoms with Crippen molar-refractivity contribution in [3.63, 3.8) is 0 Å². The highest BCUT2D eigenvalue weighted by Gasteiger charge is 2.10. The molecule has 0 spiro atoms. The van der Waals surface area contributed by atoms with Crippen molar-refractivity contribution in [1.82, 2.24) is 0 Å². The van der Waals surface area contributed by atoms with Crippen LogP contribution in [0.1, 0.15) is 21.5 Å². The largest absolute Gasteiger partial charge is 0.294 e. The van der Waals surface area contributed by atoms with Gasteiger partial charge in [-0.25, -0.2) is 0 Å². The van der Waals surface area contributed by atoms with Gasteiger partial charge in [0.2, 0.25) is 0 Å². The Balaban J connectivity index is 2.25. The first-order valence-corrected chi connectivity index (χ1v) is 6.77. The zero-order valence-corrected chi connectivity index (χ0v) is 12.3. The van der Waals surface area contributed by atoms with E-state index in [0.29, 0.717) is 17.0 Å². The zero-order chi connectivity index (χ0) is 13.1. The predicted molar refractivity (Wildman–Crippen MR) is 78.4 cm³/mol. The minimum atomic E-state index is 0.0764. The highest BCUT2D eigenvalue weighted by atomic mass is 79.9. The predicted octanol–water partition coefficient (Wildman–Crippen LogP) is 4.84. The molecule has 3 heteroatoms. The summed E-state index contributed by atoms with van der Waals surface area (Å²) in [4.78, 5) is 12.2. The van der Waals surface area contributed by atoms with E-state index < -0.39 is 0 Å². The van der Waals surface area contributed by atoms with E-state index in [-0.39, 0.29) is 5.78 Å². The topological polar surface area (TPSA) is 17.1 Å². The molecular formula is C15H12BrClO. The first-order valence-electron chi connectivity index (χ1n) is 5.60. The van der Waals surface area contributed by atoms with Gasteiger partial charge >= 0.3 is 0 Å². The first-order chi connectivity index (χ1) is 8.56. The molecule has 0 aromatic heterocycles. The minimum Gasteiger partial charge on any atom is -0.294 e. The molecule has 2 aromatic rings. The van der Waals surface area contributed by atoms with Gasteiger partial charge < -0.3 is 0 Å². The molecule has 0 aliphatic rings. The molecule has 0 N–H and O–H groups in total. The van der Waals surface area contributed by atoms with Crippen molar-refractivity contribution in [3.05, 3.63) is 68.7 Å².